The number of hydrogen-bond donors (Lipinski definition) is 2. The van der Waals surface area contributed by atoms with Crippen molar-refractivity contribution in [3.63, 3.8) is 0 Å². The van der Waals surface area contributed by atoms with Gasteiger partial charge >= 0.3 is 0 Å². The van der Waals surface area contributed by atoms with Gasteiger partial charge in [0.15, 0.2) is 0 Å². The van der Waals surface area contributed by atoms with Crippen LogP contribution in [0.15, 0.2) is 24.4 Å². The molecule has 0 aliphatic heterocycles. The van der Waals surface area contributed by atoms with E-state index in [0.717, 1.165) is 15.9 Å². The predicted molar refractivity (Wildman–Crippen MR) is 58.2 cm³/mol. The first-order valence-corrected chi connectivity index (χ1v) is 4.46. The molecule has 1 aromatic carbocycles. The molecule has 0 aliphatic rings. The molecule has 70 valence electrons. The zero-order valence-electron chi connectivity index (χ0n) is 7.76. The summed E-state index contributed by atoms with van der Waals surface area (Å²) in [6.45, 7) is 2.06. The van der Waals surface area contributed by atoms with Gasteiger partial charge in [0, 0.05) is 17.1 Å². The number of nitrogens with two attached hydrogens (primary N) is 1. The molecule has 13 heavy (non-hydrogen) atoms. The number of aromatic amines is 1. The third-order valence-corrected chi connectivity index (χ3v) is 2.10. The van der Waals surface area contributed by atoms with E-state index in [1.165, 1.54) is 12.6 Å². The monoisotopic (exact) mass is 196 g/mol. The van der Waals surface area contributed by atoms with Gasteiger partial charge in [-0.15, -0.1) is 0 Å². The van der Waals surface area contributed by atoms with Crippen molar-refractivity contribution < 1.29 is 0 Å². The van der Waals surface area contributed by atoms with E-state index in [0.29, 0.717) is 0 Å². The average Bonchev–Trinajstić information content (AvgIpc) is 2.52. The molecule has 0 saturated heterocycles. The van der Waals surface area contributed by atoms with Gasteiger partial charge in [-0.1, -0.05) is 23.2 Å². The largest absolute Gasteiger partial charge is 0.360 e. The van der Waals surface area contributed by atoms with Crippen LogP contribution in [0.4, 0.5) is 0 Å². The van der Waals surface area contributed by atoms with Gasteiger partial charge in [0.25, 0.3) is 0 Å². The number of fused-ring (bicyclic) bond motifs is 1. The van der Waals surface area contributed by atoms with Gasteiger partial charge in [-0.05, 0) is 26.1 Å². The van der Waals surface area contributed by atoms with Crippen molar-refractivity contribution in [2.45, 2.75) is 6.92 Å². The molecule has 0 unspecified atom stereocenters. The van der Waals surface area contributed by atoms with Crippen LogP contribution >= 0.6 is 11.6 Å². The second kappa shape index (κ2) is 4.30. The quantitative estimate of drug-likeness (QED) is 0.669. The second-order valence-corrected chi connectivity index (χ2v) is 3.09. The lowest BCUT2D eigenvalue weighted by molar-refractivity contribution is 1.46. The highest BCUT2D eigenvalue weighted by molar-refractivity contribution is 6.35. The molecule has 3 heteroatoms. The summed E-state index contributed by atoms with van der Waals surface area (Å²) in [5.74, 6) is 0. The van der Waals surface area contributed by atoms with Crippen LogP contribution < -0.4 is 5.73 Å². The fraction of sp³-hybridized carbons (Fsp3) is 0.200. The number of H-pyrrole nitrogens is 1. The van der Waals surface area contributed by atoms with Crippen LogP contribution in [0.3, 0.4) is 0 Å². The van der Waals surface area contributed by atoms with Crippen LogP contribution in [0.1, 0.15) is 5.56 Å². The van der Waals surface area contributed by atoms with Crippen molar-refractivity contribution in [3.05, 3.63) is 35.0 Å². The number of benzene rings is 1. The minimum Gasteiger partial charge on any atom is -0.360 e. The van der Waals surface area contributed by atoms with E-state index >= 15 is 0 Å². The van der Waals surface area contributed by atoms with E-state index in [9.17, 15) is 0 Å². The highest BCUT2D eigenvalue weighted by Gasteiger charge is 1.99. The molecule has 0 fully saturated rings. The van der Waals surface area contributed by atoms with E-state index < -0.39 is 0 Å². The van der Waals surface area contributed by atoms with Crippen LogP contribution in [-0.2, 0) is 0 Å². The third kappa shape index (κ3) is 2.02. The van der Waals surface area contributed by atoms with Gasteiger partial charge in [0.05, 0.1) is 5.02 Å². The summed E-state index contributed by atoms with van der Waals surface area (Å²) in [5, 5.41) is 1.90. The molecule has 0 saturated carbocycles. The Morgan fingerprint density at radius 2 is 2.00 bits per heavy atom. The van der Waals surface area contributed by atoms with Crippen LogP contribution in [-0.4, -0.2) is 12.0 Å². The van der Waals surface area contributed by atoms with Crippen molar-refractivity contribution in [1.82, 2.24) is 4.98 Å². The van der Waals surface area contributed by atoms with Crippen LogP contribution in [0, 0.1) is 6.92 Å². The molecule has 2 aromatic rings. The molecular weight excluding hydrogens is 184 g/mol. The molecular formula is C10H13ClN2. The summed E-state index contributed by atoms with van der Waals surface area (Å²) in [6.07, 6.45) is 1.81. The first-order chi connectivity index (χ1) is 6.27. The lowest BCUT2D eigenvalue weighted by Gasteiger charge is -1.92. The van der Waals surface area contributed by atoms with Crippen LogP contribution in [0.25, 0.3) is 10.9 Å². The van der Waals surface area contributed by atoms with E-state index in [1.807, 2.05) is 12.3 Å². The Balaban J connectivity index is 0.000000396. The van der Waals surface area contributed by atoms with E-state index in [-0.39, 0.29) is 0 Å². The SMILES string of the molecule is CN.Cc1ccc2[nH]cc(Cl)c2c1. The molecule has 0 atom stereocenters. The lowest BCUT2D eigenvalue weighted by Crippen LogP contribution is -1.70. The van der Waals surface area contributed by atoms with Crippen molar-refractivity contribution in [1.29, 1.82) is 0 Å². The summed E-state index contributed by atoms with van der Waals surface area (Å²) in [7, 11) is 1.50. The van der Waals surface area contributed by atoms with Gasteiger partial charge in [-0.2, -0.15) is 0 Å². The molecule has 0 bridgehead atoms. The van der Waals surface area contributed by atoms with Crippen molar-refractivity contribution >= 4 is 22.5 Å². The average molecular weight is 197 g/mol. The Kier molecular flexibility index (Phi) is 3.34. The van der Waals surface area contributed by atoms with E-state index in [2.05, 4.69) is 29.8 Å². The minimum atomic E-state index is 0.795. The van der Waals surface area contributed by atoms with Crippen LogP contribution in [0.5, 0.6) is 0 Å². The van der Waals surface area contributed by atoms with Gasteiger partial charge in [0.1, 0.15) is 0 Å². The molecule has 0 radical (unpaired) electrons. The number of aromatic nitrogens is 1. The van der Waals surface area contributed by atoms with Crippen molar-refractivity contribution in [2.24, 2.45) is 5.73 Å². The smallest absolute Gasteiger partial charge is 0.0659 e. The second-order valence-electron chi connectivity index (χ2n) is 2.69. The Morgan fingerprint density at radius 1 is 1.31 bits per heavy atom. The van der Waals surface area contributed by atoms with Gasteiger partial charge < -0.3 is 10.7 Å². The van der Waals surface area contributed by atoms with E-state index in [1.54, 1.807) is 0 Å². The molecule has 1 aromatic heterocycles. The van der Waals surface area contributed by atoms with Crippen molar-refractivity contribution in [3.8, 4) is 0 Å². The van der Waals surface area contributed by atoms with Gasteiger partial charge in [-0.25, -0.2) is 0 Å². The maximum absolute atomic E-state index is 5.91. The summed E-state index contributed by atoms with van der Waals surface area (Å²) in [5.41, 5.74) is 6.83. The maximum Gasteiger partial charge on any atom is 0.0659 e. The number of rotatable bonds is 0. The zero-order chi connectivity index (χ0) is 9.84. The first kappa shape index (κ1) is 10.1. The number of nitrogens with one attached hydrogen (secondary N) is 1. The third-order valence-electron chi connectivity index (χ3n) is 1.79. The standard InChI is InChI=1S/C9H8ClN.CH5N/c1-6-2-3-9-7(4-6)8(10)5-11-9;1-2/h2-5,11H,1H3;2H2,1H3. The lowest BCUT2D eigenvalue weighted by atomic mass is 10.2. The Hall–Kier alpha value is -0.990. The van der Waals surface area contributed by atoms with Gasteiger partial charge in [-0.3, -0.25) is 0 Å². The fourth-order valence-electron chi connectivity index (χ4n) is 1.20. The minimum absolute atomic E-state index is 0.795. The Labute approximate surface area is 82.7 Å². The summed E-state index contributed by atoms with van der Waals surface area (Å²) in [6, 6.07) is 6.18. The molecule has 1 heterocycles. The predicted octanol–water partition coefficient (Wildman–Crippen LogP) is 2.70. The summed E-state index contributed by atoms with van der Waals surface area (Å²) < 4.78 is 0. The molecule has 2 rings (SSSR count). The highest BCUT2D eigenvalue weighted by Crippen LogP contribution is 2.23. The zero-order valence-corrected chi connectivity index (χ0v) is 8.52. The normalized spacial score (nSPS) is 9.54. The highest BCUT2D eigenvalue weighted by atomic mass is 35.5. The molecule has 0 aliphatic carbocycles. The van der Waals surface area contributed by atoms with Crippen LogP contribution in [0.2, 0.25) is 5.02 Å². The van der Waals surface area contributed by atoms with Gasteiger partial charge in [0.2, 0.25) is 0 Å². The number of aryl methyl sites for hydroxylation is 1. The Morgan fingerprint density at radius 3 is 2.69 bits per heavy atom. The Bertz CT molecular complexity index is 393. The fourth-order valence-corrected chi connectivity index (χ4v) is 1.41. The summed E-state index contributed by atoms with van der Waals surface area (Å²) in [4.78, 5) is 3.08. The van der Waals surface area contributed by atoms with Crippen molar-refractivity contribution in [2.75, 3.05) is 7.05 Å². The molecule has 0 spiro atoms. The molecule has 0 amide bonds. The first-order valence-electron chi connectivity index (χ1n) is 4.08. The number of hydrogen-bond acceptors (Lipinski definition) is 1. The topological polar surface area (TPSA) is 41.8 Å². The number of halogens is 1. The summed E-state index contributed by atoms with van der Waals surface area (Å²) >= 11 is 5.91. The molecule has 3 N–H and O–H groups in total. The van der Waals surface area contributed by atoms with E-state index in [4.69, 9.17) is 11.6 Å². The molecule has 2 nitrogen and oxygen atoms in total. The maximum atomic E-state index is 5.91.